The van der Waals surface area contributed by atoms with Crippen molar-refractivity contribution in [3.05, 3.63) is 57.5 Å². The first-order valence-electron chi connectivity index (χ1n) is 6.43. The van der Waals surface area contributed by atoms with Crippen LogP contribution >= 0.6 is 23.2 Å². The first kappa shape index (κ1) is 14.4. The third-order valence-electron chi connectivity index (χ3n) is 3.01. The number of hydrogen-bond donors (Lipinski definition) is 1. The summed E-state index contributed by atoms with van der Waals surface area (Å²) in [6, 6.07) is 9.38. The van der Waals surface area contributed by atoms with E-state index < -0.39 is 0 Å². The Morgan fingerprint density at radius 1 is 1.11 bits per heavy atom. The van der Waals surface area contributed by atoms with Gasteiger partial charge >= 0.3 is 0 Å². The molecule has 0 aliphatic carbocycles. The molecule has 102 valence electrons. The molecule has 0 amide bonds. The predicted octanol–water partition coefficient (Wildman–Crippen LogP) is 4.85. The first-order chi connectivity index (χ1) is 9.17. The van der Waals surface area contributed by atoms with Crippen LogP contribution in [0.1, 0.15) is 37.0 Å². The highest BCUT2D eigenvalue weighted by molar-refractivity contribution is 6.36. The van der Waals surface area contributed by atoms with Gasteiger partial charge in [0.1, 0.15) is 11.5 Å². The molecular weight excluding hydrogens is 281 g/mol. The minimum absolute atomic E-state index is 0.119. The Hall–Kier alpha value is -0.960. The molecule has 1 heterocycles. The highest BCUT2D eigenvalue weighted by Crippen LogP contribution is 2.34. The van der Waals surface area contributed by atoms with Crippen LogP contribution < -0.4 is 5.32 Å². The Morgan fingerprint density at radius 3 is 2.32 bits per heavy atom. The highest BCUT2D eigenvalue weighted by Gasteiger charge is 2.22. The fourth-order valence-electron chi connectivity index (χ4n) is 2.08. The van der Waals surface area contributed by atoms with Crippen molar-refractivity contribution in [3.8, 4) is 0 Å². The lowest BCUT2D eigenvalue weighted by Crippen LogP contribution is -2.22. The summed E-state index contributed by atoms with van der Waals surface area (Å²) in [5.74, 6) is 1.80. The summed E-state index contributed by atoms with van der Waals surface area (Å²) in [6.07, 6.45) is 0.870. The average molecular weight is 298 g/mol. The van der Waals surface area contributed by atoms with Crippen LogP contribution in [-0.4, -0.2) is 6.54 Å². The molecule has 1 aromatic carbocycles. The van der Waals surface area contributed by atoms with Crippen LogP contribution in [0, 0.1) is 0 Å². The van der Waals surface area contributed by atoms with E-state index in [1.54, 1.807) is 0 Å². The Kier molecular flexibility index (Phi) is 4.92. The van der Waals surface area contributed by atoms with Gasteiger partial charge in [0.25, 0.3) is 0 Å². The second-order valence-electron chi connectivity index (χ2n) is 4.28. The quantitative estimate of drug-likeness (QED) is 0.853. The molecule has 0 aliphatic rings. The van der Waals surface area contributed by atoms with Gasteiger partial charge in [-0.1, -0.05) is 43.1 Å². The lowest BCUT2D eigenvalue weighted by molar-refractivity contribution is 0.426. The van der Waals surface area contributed by atoms with E-state index in [0.29, 0.717) is 10.0 Å². The summed E-state index contributed by atoms with van der Waals surface area (Å²) in [7, 11) is 0. The number of rotatable bonds is 5. The fourth-order valence-corrected chi connectivity index (χ4v) is 2.69. The van der Waals surface area contributed by atoms with Crippen LogP contribution in [0.3, 0.4) is 0 Å². The summed E-state index contributed by atoms with van der Waals surface area (Å²) in [5, 5.41) is 4.66. The number of nitrogens with one attached hydrogen (secondary N) is 1. The SMILES string of the molecule is CCNC(c1ccc(CC)o1)c1c(Cl)cccc1Cl. The largest absolute Gasteiger partial charge is 0.464 e. The normalized spacial score (nSPS) is 12.6. The smallest absolute Gasteiger partial charge is 0.125 e. The van der Waals surface area contributed by atoms with Crippen LogP contribution in [0.25, 0.3) is 0 Å². The average Bonchev–Trinajstić information content (AvgIpc) is 2.86. The zero-order chi connectivity index (χ0) is 13.8. The van der Waals surface area contributed by atoms with Gasteiger partial charge in [0.2, 0.25) is 0 Å². The number of benzene rings is 1. The molecule has 1 unspecified atom stereocenters. The summed E-state index contributed by atoms with van der Waals surface area (Å²) >= 11 is 12.6. The maximum atomic E-state index is 6.28. The number of halogens is 2. The molecule has 1 N–H and O–H groups in total. The minimum atomic E-state index is -0.119. The molecule has 0 spiro atoms. The Balaban J connectivity index is 2.45. The van der Waals surface area contributed by atoms with Crippen molar-refractivity contribution in [3.63, 3.8) is 0 Å². The molecule has 0 aliphatic heterocycles. The summed E-state index contributed by atoms with van der Waals surface area (Å²) in [4.78, 5) is 0. The summed E-state index contributed by atoms with van der Waals surface area (Å²) < 4.78 is 5.83. The van der Waals surface area contributed by atoms with Crippen molar-refractivity contribution in [1.29, 1.82) is 0 Å². The Bertz CT molecular complexity index is 531. The molecule has 2 nitrogen and oxygen atoms in total. The van der Waals surface area contributed by atoms with Crippen molar-refractivity contribution in [1.82, 2.24) is 5.32 Å². The third-order valence-corrected chi connectivity index (χ3v) is 3.67. The van der Waals surface area contributed by atoms with Crippen molar-refractivity contribution < 1.29 is 4.42 Å². The molecule has 0 saturated heterocycles. The van der Waals surface area contributed by atoms with E-state index in [9.17, 15) is 0 Å². The zero-order valence-electron chi connectivity index (χ0n) is 11.0. The molecule has 1 aromatic heterocycles. The third kappa shape index (κ3) is 3.14. The van der Waals surface area contributed by atoms with E-state index in [0.717, 1.165) is 30.0 Å². The molecule has 2 aromatic rings. The molecule has 4 heteroatoms. The van der Waals surface area contributed by atoms with Crippen LogP contribution in [0.5, 0.6) is 0 Å². The second kappa shape index (κ2) is 6.47. The molecule has 2 rings (SSSR count). The highest BCUT2D eigenvalue weighted by atomic mass is 35.5. The van der Waals surface area contributed by atoms with E-state index >= 15 is 0 Å². The number of hydrogen-bond acceptors (Lipinski definition) is 2. The summed E-state index contributed by atoms with van der Waals surface area (Å²) in [5.41, 5.74) is 0.865. The van der Waals surface area contributed by atoms with Gasteiger partial charge < -0.3 is 9.73 Å². The fraction of sp³-hybridized carbons (Fsp3) is 0.333. The van der Waals surface area contributed by atoms with Crippen molar-refractivity contribution in [2.45, 2.75) is 26.3 Å². The van der Waals surface area contributed by atoms with Gasteiger partial charge in [-0.05, 0) is 30.8 Å². The van der Waals surface area contributed by atoms with Gasteiger partial charge in [0.05, 0.1) is 6.04 Å². The van der Waals surface area contributed by atoms with Gasteiger partial charge in [-0.2, -0.15) is 0 Å². The van der Waals surface area contributed by atoms with E-state index in [1.807, 2.05) is 37.3 Å². The molecular formula is C15H17Cl2NO. The van der Waals surface area contributed by atoms with E-state index in [4.69, 9.17) is 27.6 Å². The molecule has 0 fully saturated rings. The second-order valence-corrected chi connectivity index (χ2v) is 5.10. The van der Waals surface area contributed by atoms with Crippen LogP contribution in [0.15, 0.2) is 34.7 Å². The van der Waals surface area contributed by atoms with Crippen LogP contribution in [0.4, 0.5) is 0 Å². The topological polar surface area (TPSA) is 25.2 Å². The monoisotopic (exact) mass is 297 g/mol. The van der Waals surface area contributed by atoms with E-state index in [2.05, 4.69) is 12.2 Å². The van der Waals surface area contributed by atoms with Gasteiger partial charge in [-0.15, -0.1) is 0 Å². The minimum Gasteiger partial charge on any atom is -0.464 e. The van der Waals surface area contributed by atoms with Gasteiger partial charge in [0, 0.05) is 22.0 Å². The van der Waals surface area contributed by atoms with E-state index in [-0.39, 0.29) is 6.04 Å². The molecule has 19 heavy (non-hydrogen) atoms. The molecule has 0 bridgehead atoms. The standard InChI is InChI=1S/C15H17Cl2NO/c1-3-10-8-9-13(19-10)15(18-4-2)14-11(16)6-5-7-12(14)17/h5-9,15,18H,3-4H2,1-2H3. The maximum absolute atomic E-state index is 6.28. The van der Waals surface area contributed by atoms with Crippen molar-refractivity contribution in [2.75, 3.05) is 6.54 Å². The maximum Gasteiger partial charge on any atom is 0.125 e. The van der Waals surface area contributed by atoms with Crippen LogP contribution in [-0.2, 0) is 6.42 Å². The number of furan rings is 1. The Morgan fingerprint density at radius 2 is 1.79 bits per heavy atom. The Labute approximate surface area is 123 Å². The van der Waals surface area contributed by atoms with E-state index in [1.165, 1.54) is 0 Å². The van der Waals surface area contributed by atoms with Gasteiger partial charge in [-0.25, -0.2) is 0 Å². The lowest BCUT2D eigenvalue weighted by atomic mass is 10.0. The predicted molar refractivity (Wildman–Crippen MR) is 80.1 cm³/mol. The van der Waals surface area contributed by atoms with Gasteiger partial charge in [-0.3, -0.25) is 0 Å². The molecule has 0 radical (unpaired) electrons. The van der Waals surface area contributed by atoms with Crippen molar-refractivity contribution >= 4 is 23.2 Å². The molecule has 1 atom stereocenters. The zero-order valence-corrected chi connectivity index (χ0v) is 12.6. The van der Waals surface area contributed by atoms with Gasteiger partial charge in [0.15, 0.2) is 0 Å². The number of aryl methyl sites for hydroxylation is 1. The molecule has 0 saturated carbocycles. The summed E-state index contributed by atoms with van der Waals surface area (Å²) in [6.45, 7) is 4.91. The first-order valence-corrected chi connectivity index (χ1v) is 7.18. The van der Waals surface area contributed by atoms with Crippen molar-refractivity contribution in [2.24, 2.45) is 0 Å². The lowest BCUT2D eigenvalue weighted by Gasteiger charge is -2.18. The van der Waals surface area contributed by atoms with Crippen LogP contribution in [0.2, 0.25) is 10.0 Å².